The lowest BCUT2D eigenvalue weighted by Gasteiger charge is -2.05. The molecule has 0 fully saturated rings. The van der Waals surface area contributed by atoms with E-state index in [-0.39, 0.29) is 5.84 Å². The molecular formula is C15H12N4OS. The minimum absolute atomic E-state index is 0.0963. The first kappa shape index (κ1) is 13.4. The van der Waals surface area contributed by atoms with Crippen LogP contribution in [0.5, 0.6) is 0 Å². The minimum atomic E-state index is 0.0963. The quantitative estimate of drug-likeness (QED) is 0.255. The first-order chi connectivity index (χ1) is 10.3. The van der Waals surface area contributed by atoms with Crippen molar-refractivity contribution < 1.29 is 5.21 Å². The van der Waals surface area contributed by atoms with Crippen LogP contribution in [0.15, 0.2) is 69.9 Å². The van der Waals surface area contributed by atoms with Gasteiger partial charge in [0.25, 0.3) is 0 Å². The van der Waals surface area contributed by atoms with Crippen LogP contribution in [0.4, 0.5) is 0 Å². The largest absolute Gasteiger partial charge is 0.409 e. The molecule has 0 aliphatic rings. The lowest BCUT2D eigenvalue weighted by Crippen LogP contribution is -2.12. The Hall–Kier alpha value is -2.60. The van der Waals surface area contributed by atoms with E-state index in [1.807, 2.05) is 36.4 Å². The highest BCUT2D eigenvalue weighted by atomic mass is 32.2. The molecule has 1 aromatic heterocycles. The summed E-state index contributed by atoms with van der Waals surface area (Å²) >= 11 is 1.55. The second kappa shape index (κ2) is 5.80. The van der Waals surface area contributed by atoms with Gasteiger partial charge in [0.15, 0.2) is 5.84 Å². The van der Waals surface area contributed by atoms with Crippen molar-refractivity contribution in [2.75, 3.05) is 0 Å². The third-order valence-electron chi connectivity index (χ3n) is 2.98. The molecule has 0 saturated heterocycles. The third-order valence-corrected chi connectivity index (χ3v) is 4.01. The second-order valence-corrected chi connectivity index (χ2v) is 5.37. The number of para-hydroxylation sites is 1. The van der Waals surface area contributed by atoms with Crippen molar-refractivity contribution >= 4 is 28.5 Å². The zero-order chi connectivity index (χ0) is 14.7. The maximum atomic E-state index is 8.65. The molecule has 3 aromatic rings. The van der Waals surface area contributed by atoms with E-state index in [9.17, 15) is 0 Å². The maximum Gasteiger partial charge on any atom is 0.170 e. The molecule has 0 amide bonds. The maximum absolute atomic E-state index is 8.65. The SMILES string of the molecule is N/C(=N\O)c1ccc(Sc2ncnc3ccccc23)cc1. The summed E-state index contributed by atoms with van der Waals surface area (Å²) in [7, 11) is 0. The fourth-order valence-electron chi connectivity index (χ4n) is 1.92. The smallest absolute Gasteiger partial charge is 0.170 e. The van der Waals surface area contributed by atoms with Crippen molar-refractivity contribution in [3.63, 3.8) is 0 Å². The molecular weight excluding hydrogens is 284 g/mol. The van der Waals surface area contributed by atoms with Crippen molar-refractivity contribution in [1.82, 2.24) is 9.97 Å². The van der Waals surface area contributed by atoms with Gasteiger partial charge in [-0.05, 0) is 18.2 Å². The number of hydrogen-bond acceptors (Lipinski definition) is 5. The Labute approximate surface area is 125 Å². The molecule has 21 heavy (non-hydrogen) atoms. The third kappa shape index (κ3) is 2.80. The highest BCUT2D eigenvalue weighted by molar-refractivity contribution is 7.99. The molecule has 104 valence electrons. The van der Waals surface area contributed by atoms with Crippen molar-refractivity contribution in [2.45, 2.75) is 9.92 Å². The van der Waals surface area contributed by atoms with Crippen LogP contribution in [0, 0.1) is 0 Å². The summed E-state index contributed by atoms with van der Waals surface area (Å²) in [6.45, 7) is 0. The van der Waals surface area contributed by atoms with E-state index < -0.39 is 0 Å². The Kier molecular flexibility index (Phi) is 3.70. The van der Waals surface area contributed by atoms with E-state index in [1.54, 1.807) is 30.2 Å². The Balaban J connectivity index is 1.92. The minimum Gasteiger partial charge on any atom is -0.409 e. The predicted octanol–water partition coefficient (Wildman–Crippen LogP) is 2.88. The number of fused-ring (bicyclic) bond motifs is 1. The molecule has 5 nitrogen and oxygen atoms in total. The van der Waals surface area contributed by atoms with Gasteiger partial charge in [0.1, 0.15) is 11.4 Å². The monoisotopic (exact) mass is 296 g/mol. The van der Waals surface area contributed by atoms with Crippen molar-refractivity contribution in [3.8, 4) is 0 Å². The Morgan fingerprint density at radius 2 is 1.81 bits per heavy atom. The number of benzene rings is 2. The first-order valence-electron chi connectivity index (χ1n) is 6.23. The molecule has 0 atom stereocenters. The van der Waals surface area contributed by atoms with Gasteiger partial charge in [0, 0.05) is 15.8 Å². The van der Waals surface area contributed by atoms with Crippen LogP contribution in [-0.4, -0.2) is 21.0 Å². The summed E-state index contributed by atoms with van der Waals surface area (Å²) in [5, 5.41) is 13.6. The van der Waals surface area contributed by atoms with Crippen molar-refractivity contribution in [2.24, 2.45) is 10.9 Å². The number of aromatic nitrogens is 2. The van der Waals surface area contributed by atoms with E-state index >= 15 is 0 Å². The standard InChI is InChI=1S/C15H12N4OS/c16-14(19-20)10-5-7-11(8-6-10)21-15-12-3-1-2-4-13(12)17-9-18-15/h1-9,20H,(H2,16,19). The molecule has 0 aliphatic heterocycles. The molecule has 0 unspecified atom stereocenters. The molecule has 3 N–H and O–H groups in total. The molecule has 0 radical (unpaired) electrons. The summed E-state index contributed by atoms with van der Waals surface area (Å²) in [6, 6.07) is 15.3. The predicted molar refractivity (Wildman–Crippen MR) is 82.6 cm³/mol. The molecule has 0 aliphatic carbocycles. The fourth-order valence-corrected chi connectivity index (χ4v) is 2.80. The van der Waals surface area contributed by atoms with E-state index in [0.717, 1.165) is 20.8 Å². The van der Waals surface area contributed by atoms with Crippen LogP contribution < -0.4 is 5.73 Å². The summed E-state index contributed by atoms with van der Waals surface area (Å²) < 4.78 is 0. The normalized spacial score (nSPS) is 11.7. The average molecular weight is 296 g/mol. The zero-order valence-electron chi connectivity index (χ0n) is 11.0. The Morgan fingerprint density at radius 3 is 2.57 bits per heavy atom. The van der Waals surface area contributed by atoms with Gasteiger partial charge in [-0.25, -0.2) is 9.97 Å². The van der Waals surface area contributed by atoms with Crippen LogP contribution in [0.2, 0.25) is 0 Å². The average Bonchev–Trinajstić information content (AvgIpc) is 2.55. The summed E-state index contributed by atoms with van der Waals surface area (Å²) in [5.74, 6) is 0.0963. The van der Waals surface area contributed by atoms with Crippen LogP contribution in [0.1, 0.15) is 5.56 Å². The van der Waals surface area contributed by atoms with Crippen LogP contribution in [0.3, 0.4) is 0 Å². The number of hydrogen-bond donors (Lipinski definition) is 2. The van der Waals surface area contributed by atoms with E-state index in [2.05, 4.69) is 15.1 Å². The molecule has 2 aromatic carbocycles. The van der Waals surface area contributed by atoms with Gasteiger partial charge in [0.2, 0.25) is 0 Å². The molecule has 0 saturated carbocycles. The first-order valence-corrected chi connectivity index (χ1v) is 7.05. The number of oxime groups is 1. The van der Waals surface area contributed by atoms with Gasteiger partial charge in [-0.2, -0.15) is 0 Å². The van der Waals surface area contributed by atoms with Crippen LogP contribution in [-0.2, 0) is 0 Å². The Bertz CT molecular complexity index is 797. The summed E-state index contributed by atoms with van der Waals surface area (Å²) in [6.07, 6.45) is 1.56. The summed E-state index contributed by atoms with van der Waals surface area (Å²) in [5.41, 5.74) is 7.14. The molecule has 3 rings (SSSR count). The second-order valence-electron chi connectivity index (χ2n) is 4.31. The molecule has 6 heteroatoms. The van der Waals surface area contributed by atoms with Gasteiger partial charge in [-0.15, -0.1) is 0 Å². The van der Waals surface area contributed by atoms with Crippen LogP contribution in [0.25, 0.3) is 10.9 Å². The van der Waals surface area contributed by atoms with Crippen LogP contribution >= 0.6 is 11.8 Å². The topological polar surface area (TPSA) is 84.4 Å². The van der Waals surface area contributed by atoms with E-state index in [1.165, 1.54) is 0 Å². The van der Waals surface area contributed by atoms with Gasteiger partial charge < -0.3 is 10.9 Å². The number of nitrogens with zero attached hydrogens (tertiary/aromatic N) is 3. The molecule has 1 heterocycles. The highest BCUT2D eigenvalue weighted by Gasteiger charge is 2.06. The lowest BCUT2D eigenvalue weighted by atomic mass is 10.2. The van der Waals surface area contributed by atoms with Gasteiger partial charge >= 0.3 is 0 Å². The summed E-state index contributed by atoms with van der Waals surface area (Å²) in [4.78, 5) is 9.61. The molecule has 0 spiro atoms. The van der Waals surface area contributed by atoms with Crippen molar-refractivity contribution in [3.05, 3.63) is 60.4 Å². The van der Waals surface area contributed by atoms with Gasteiger partial charge in [-0.3, -0.25) is 0 Å². The number of rotatable bonds is 3. The van der Waals surface area contributed by atoms with Gasteiger partial charge in [-0.1, -0.05) is 47.2 Å². The fraction of sp³-hybridized carbons (Fsp3) is 0. The van der Waals surface area contributed by atoms with E-state index in [0.29, 0.717) is 5.56 Å². The number of amidine groups is 1. The van der Waals surface area contributed by atoms with E-state index in [4.69, 9.17) is 10.9 Å². The zero-order valence-corrected chi connectivity index (χ0v) is 11.8. The highest BCUT2D eigenvalue weighted by Crippen LogP contribution is 2.30. The van der Waals surface area contributed by atoms with Gasteiger partial charge in [0.05, 0.1) is 5.52 Å². The lowest BCUT2D eigenvalue weighted by molar-refractivity contribution is 0.318. The van der Waals surface area contributed by atoms with Crippen molar-refractivity contribution in [1.29, 1.82) is 0 Å². The molecule has 0 bridgehead atoms. The number of nitrogens with two attached hydrogens (primary N) is 1. The Morgan fingerprint density at radius 1 is 1.05 bits per heavy atom.